The van der Waals surface area contributed by atoms with E-state index >= 15 is 0 Å². The Morgan fingerprint density at radius 1 is 1.10 bits per heavy atom. The van der Waals surface area contributed by atoms with E-state index in [1.54, 1.807) is 0 Å². The number of nitro benzene ring substituents is 1. The summed E-state index contributed by atoms with van der Waals surface area (Å²) in [6.45, 7) is 0. The smallest absolute Gasteiger partial charge is 0.348 e. The van der Waals surface area contributed by atoms with Gasteiger partial charge in [0, 0.05) is 5.69 Å². The second-order valence-electron chi connectivity index (χ2n) is 5.50. The zero-order valence-electron chi connectivity index (χ0n) is 14.5. The molecule has 29 heavy (non-hydrogen) atoms. The van der Waals surface area contributed by atoms with E-state index < -0.39 is 22.2 Å². The topological polar surface area (TPSA) is 102 Å². The molecule has 0 unspecified atom stereocenters. The Hall–Kier alpha value is -3.24. The first kappa shape index (κ1) is 20.5. The van der Waals surface area contributed by atoms with Gasteiger partial charge in [-0.3, -0.25) is 10.1 Å². The van der Waals surface area contributed by atoms with Gasteiger partial charge >= 0.3 is 5.69 Å². The molecule has 0 saturated heterocycles. The fraction of sp³-hybridized carbons (Fsp3) is 0.0588. The molecule has 150 valence electrons. The van der Waals surface area contributed by atoms with E-state index in [-0.39, 0.29) is 33.2 Å². The minimum atomic E-state index is -1.05. The number of nitro groups is 1. The van der Waals surface area contributed by atoms with Crippen LogP contribution in [-0.2, 0) is 0 Å². The molecule has 12 heteroatoms. The van der Waals surface area contributed by atoms with E-state index in [2.05, 4.69) is 20.6 Å². The molecule has 0 radical (unpaired) electrons. The summed E-state index contributed by atoms with van der Waals surface area (Å²) in [6, 6.07) is 6.10. The van der Waals surface area contributed by atoms with Crippen LogP contribution in [0.25, 0.3) is 0 Å². The minimum absolute atomic E-state index is 0.00989. The van der Waals surface area contributed by atoms with Crippen molar-refractivity contribution in [1.82, 2.24) is 9.97 Å². The second-order valence-corrected chi connectivity index (χ2v) is 6.32. The first-order valence-corrected chi connectivity index (χ1v) is 8.58. The van der Waals surface area contributed by atoms with Crippen molar-refractivity contribution >= 4 is 52.0 Å². The predicted octanol–water partition coefficient (Wildman–Crippen LogP) is 5.47. The number of benzene rings is 2. The van der Waals surface area contributed by atoms with Crippen molar-refractivity contribution in [3.8, 4) is 5.75 Å². The van der Waals surface area contributed by atoms with E-state index in [1.807, 2.05) is 0 Å². The van der Waals surface area contributed by atoms with E-state index in [9.17, 15) is 18.9 Å². The second kappa shape index (κ2) is 8.41. The average Bonchev–Trinajstić information content (AvgIpc) is 2.68. The van der Waals surface area contributed by atoms with Gasteiger partial charge in [-0.25, -0.2) is 9.37 Å². The molecule has 3 aromatic rings. The Kier molecular flexibility index (Phi) is 5.95. The van der Waals surface area contributed by atoms with E-state index in [0.717, 1.165) is 6.07 Å². The van der Waals surface area contributed by atoms with Crippen molar-refractivity contribution < 1.29 is 18.4 Å². The normalized spacial score (nSPS) is 10.5. The molecule has 1 heterocycles. The molecule has 8 nitrogen and oxygen atoms in total. The number of nitrogens with one attached hydrogen (secondary N) is 2. The predicted molar refractivity (Wildman–Crippen MR) is 105 cm³/mol. The number of hydrogen-bond donors (Lipinski definition) is 2. The summed E-state index contributed by atoms with van der Waals surface area (Å²) >= 11 is 11.8. The lowest BCUT2D eigenvalue weighted by Gasteiger charge is -2.12. The van der Waals surface area contributed by atoms with Gasteiger partial charge in [-0.2, -0.15) is 9.37 Å². The van der Waals surface area contributed by atoms with Gasteiger partial charge in [0.2, 0.25) is 17.5 Å². The largest absolute Gasteiger partial charge is 0.489 e. The molecule has 2 N–H and O–H groups in total. The molecule has 3 rings (SSSR count). The van der Waals surface area contributed by atoms with Crippen molar-refractivity contribution in [3.63, 3.8) is 0 Å². The maximum Gasteiger partial charge on any atom is 0.348 e. The van der Waals surface area contributed by atoms with E-state index in [0.29, 0.717) is 5.69 Å². The molecule has 0 aliphatic heterocycles. The molecule has 0 aliphatic rings. The Labute approximate surface area is 172 Å². The van der Waals surface area contributed by atoms with Crippen LogP contribution >= 0.6 is 23.2 Å². The molecule has 1 aromatic heterocycles. The number of aromatic nitrogens is 2. The molecule has 0 fully saturated rings. The molecule has 0 aliphatic carbocycles. The summed E-state index contributed by atoms with van der Waals surface area (Å²) < 4.78 is 32.1. The third kappa shape index (κ3) is 4.44. The molecule has 0 atom stereocenters. The number of halogens is 4. The monoisotopic (exact) mass is 441 g/mol. The van der Waals surface area contributed by atoms with Crippen LogP contribution in [-0.4, -0.2) is 22.0 Å². The number of hydrogen-bond acceptors (Lipinski definition) is 7. The number of nitrogens with zero attached hydrogens (tertiary/aromatic N) is 3. The van der Waals surface area contributed by atoms with Crippen molar-refractivity contribution in [2.24, 2.45) is 0 Å². The number of rotatable bonds is 6. The highest BCUT2D eigenvalue weighted by atomic mass is 35.5. The highest BCUT2D eigenvalue weighted by molar-refractivity contribution is 6.33. The van der Waals surface area contributed by atoms with Gasteiger partial charge in [-0.15, -0.1) is 0 Å². The van der Waals surface area contributed by atoms with Gasteiger partial charge in [0.1, 0.15) is 10.8 Å². The average molecular weight is 442 g/mol. The first-order valence-electron chi connectivity index (χ1n) is 7.82. The molecular formula is C17H11Cl2F2N5O3. The quantitative estimate of drug-likeness (QED) is 0.386. The number of ether oxygens (including phenoxy) is 1. The van der Waals surface area contributed by atoms with E-state index in [4.69, 9.17) is 27.9 Å². The Bertz CT molecular complexity index is 1100. The van der Waals surface area contributed by atoms with Gasteiger partial charge in [0.15, 0.2) is 5.82 Å². The first-order chi connectivity index (χ1) is 13.8. The van der Waals surface area contributed by atoms with Crippen LogP contribution in [0, 0.1) is 21.7 Å². The fourth-order valence-corrected chi connectivity index (χ4v) is 2.69. The van der Waals surface area contributed by atoms with Crippen molar-refractivity contribution in [1.29, 1.82) is 0 Å². The fourth-order valence-electron chi connectivity index (χ4n) is 2.37. The molecular weight excluding hydrogens is 431 g/mol. The standard InChI is InChI=1S/C17H11Cl2F2N5O3/c1-29-15-13(5-4-12(21)14(15)26(27)28)24-17-22-7-10(19)16(25-17)23-8-2-3-11(20)9(18)6-8/h2-7H,1H3,(H2,22,23,24,25). The van der Waals surface area contributed by atoms with Crippen LogP contribution in [0.4, 0.5) is 37.6 Å². The highest BCUT2D eigenvalue weighted by Crippen LogP contribution is 2.38. The molecule has 0 saturated carbocycles. The molecule has 2 aromatic carbocycles. The van der Waals surface area contributed by atoms with E-state index in [1.165, 1.54) is 37.6 Å². The summed E-state index contributed by atoms with van der Waals surface area (Å²) in [6.07, 6.45) is 1.27. The summed E-state index contributed by atoms with van der Waals surface area (Å²) in [5.41, 5.74) is -0.345. The van der Waals surface area contributed by atoms with Crippen LogP contribution in [0.1, 0.15) is 0 Å². The summed E-state index contributed by atoms with van der Waals surface area (Å²) in [5, 5.41) is 16.7. The van der Waals surface area contributed by atoms with Gasteiger partial charge in [-0.1, -0.05) is 23.2 Å². The molecule has 0 amide bonds. The lowest BCUT2D eigenvalue weighted by Crippen LogP contribution is -2.05. The van der Waals surface area contributed by atoms with Crippen LogP contribution < -0.4 is 15.4 Å². The van der Waals surface area contributed by atoms with Crippen molar-refractivity contribution in [2.75, 3.05) is 17.7 Å². The lowest BCUT2D eigenvalue weighted by atomic mass is 10.2. The van der Waals surface area contributed by atoms with Crippen LogP contribution in [0.15, 0.2) is 36.5 Å². The summed E-state index contributed by atoms with van der Waals surface area (Å²) in [7, 11) is 1.17. The maximum absolute atomic E-state index is 13.8. The van der Waals surface area contributed by atoms with Gasteiger partial charge in [0.05, 0.1) is 28.9 Å². The van der Waals surface area contributed by atoms with Crippen molar-refractivity contribution in [3.05, 3.63) is 68.3 Å². The third-order valence-corrected chi connectivity index (χ3v) is 4.21. The summed E-state index contributed by atoms with van der Waals surface area (Å²) in [5.74, 6) is -1.82. The summed E-state index contributed by atoms with van der Waals surface area (Å²) in [4.78, 5) is 18.4. The van der Waals surface area contributed by atoms with Gasteiger partial charge in [-0.05, 0) is 30.3 Å². The Morgan fingerprint density at radius 2 is 1.83 bits per heavy atom. The zero-order chi connectivity index (χ0) is 21.1. The van der Waals surface area contributed by atoms with Crippen LogP contribution in [0.3, 0.4) is 0 Å². The number of anilines is 4. The minimum Gasteiger partial charge on any atom is -0.489 e. The van der Waals surface area contributed by atoms with Gasteiger partial charge < -0.3 is 15.4 Å². The lowest BCUT2D eigenvalue weighted by molar-refractivity contribution is -0.388. The highest BCUT2D eigenvalue weighted by Gasteiger charge is 2.25. The number of methoxy groups -OCH3 is 1. The third-order valence-electron chi connectivity index (χ3n) is 3.64. The Morgan fingerprint density at radius 3 is 2.48 bits per heavy atom. The molecule has 0 spiro atoms. The SMILES string of the molecule is COc1c(Nc2ncc(Cl)c(Nc3ccc(F)c(Cl)c3)n2)ccc(F)c1[N+](=O)[O-]. The van der Waals surface area contributed by atoms with Crippen LogP contribution in [0.5, 0.6) is 5.75 Å². The maximum atomic E-state index is 13.8. The van der Waals surface area contributed by atoms with Crippen molar-refractivity contribution in [2.45, 2.75) is 0 Å². The van der Waals surface area contributed by atoms with Crippen LogP contribution in [0.2, 0.25) is 10.0 Å². The Balaban J connectivity index is 1.93. The van der Waals surface area contributed by atoms with Gasteiger partial charge in [0.25, 0.3) is 0 Å². The zero-order valence-corrected chi connectivity index (χ0v) is 16.1. The molecule has 0 bridgehead atoms.